The van der Waals surface area contributed by atoms with E-state index >= 15 is 0 Å². The van der Waals surface area contributed by atoms with Crippen molar-refractivity contribution in [2.45, 2.75) is 27.2 Å². The second-order valence-electron chi connectivity index (χ2n) is 3.46. The highest BCUT2D eigenvalue weighted by molar-refractivity contribution is 5.90. The maximum Gasteiger partial charge on any atom is 0.338 e. The molecule has 1 N–H and O–H groups in total. The van der Waals surface area contributed by atoms with Crippen LogP contribution in [0.15, 0.2) is 10.9 Å². The Hall–Kier alpha value is -1.58. The highest BCUT2D eigenvalue weighted by Crippen LogP contribution is 2.06. The summed E-state index contributed by atoms with van der Waals surface area (Å²) in [5.41, 5.74) is 1.18. The summed E-state index contributed by atoms with van der Waals surface area (Å²) in [6, 6.07) is 1.63. The Morgan fingerprint density at radius 1 is 1.47 bits per heavy atom. The summed E-state index contributed by atoms with van der Waals surface area (Å²) in [7, 11) is 0. The Kier molecular flexibility index (Phi) is 3.66. The van der Waals surface area contributed by atoms with Gasteiger partial charge in [0.1, 0.15) is 0 Å². The lowest BCUT2D eigenvalue weighted by Gasteiger charge is -2.06. The molecule has 1 aromatic heterocycles. The molecule has 0 bridgehead atoms. The van der Waals surface area contributed by atoms with Gasteiger partial charge in [-0.3, -0.25) is 4.79 Å². The molecule has 82 valence electrons. The molecule has 0 fully saturated rings. The van der Waals surface area contributed by atoms with Crippen LogP contribution in [0.2, 0.25) is 0 Å². The lowest BCUT2D eigenvalue weighted by molar-refractivity contribution is 0.0504. The first-order valence-electron chi connectivity index (χ1n) is 4.94. The van der Waals surface area contributed by atoms with Crippen LogP contribution in [-0.2, 0) is 4.74 Å². The first-order valence-corrected chi connectivity index (χ1v) is 4.94. The molecule has 0 aliphatic heterocycles. The van der Waals surface area contributed by atoms with Gasteiger partial charge in [0.05, 0.1) is 12.2 Å². The van der Waals surface area contributed by atoms with E-state index in [2.05, 4.69) is 4.98 Å². The average molecular weight is 209 g/mol. The van der Waals surface area contributed by atoms with Gasteiger partial charge in [-0.2, -0.15) is 0 Å². The molecule has 0 aliphatic carbocycles. The Balaban J connectivity index is 3.03. The SMILES string of the molecule is CCCOC(=O)c1cc(C)[nH]c(=O)c1C. The van der Waals surface area contributed by atoms with Crippen LogP contribution in [0.1, 0.15) is 35.0 Å². The number of aromatic nitrogens is 1. The van der Waals surface area contributed by atoms with Crippen molar-refractivity contribution in [3.8, 4) is 0 Å². The van der Waals surface area contributed by atoms with Gasteiger partial charge in [0, 0.05) is 11.3 Å². The van der Waals surface area contributed by atoms with E-state index in [-0.39, 0.29) is 5.56 Å². The monoisotopic (exact) mass is 209 g/mol. The number of hydrogen-bond acceptors (Lipinski definition) is 3. The van der Waals surface area contributed by atoms with Gasteiger partial charge in [0.15, 0.2) is 0 Å². The molecule has 4 heteroatoms. The largest absolute Gasteiger partial charge is 0.462 e. The molecular weight excluding hydrogens is 194 g/mol. The first kappa shape index (κ1) is 11.5. The summed E-state index contributed by atoms with van der Waals surface area (Å²) in [6.45, 7) is 5.64. The van der Waals surface area contributed by atoms with Gasteiger partial charge >= 0.3 is 5.97 Å². The average Bonchev–Trinajstić information content (AvgIpc) is 2.19. The lowest BCUT2D eigenvalue weighted by Crippen LogP contribution is -2.18. The molecule has 1 rings (SSSR count). The minimum absolute atomic E-state index is 0.238. The van der Waals surface area contributed by atoms with Gasteiger partial charge in [-0.1, -0.05) is 6.92 Å². The molecule has 0 aromatic carbocycles. The van der Waals surface area contributed by atoms with Crippen molar-refractivity contribution < 1.29 is 9.53 Å². The van der Waals surface area contributed by atoms with Crippen molar-refractivity contribution in [1.82, 2.24) is 4.98 Å². The number of esters is 1. The Morgan fingerprint density at radius 3 is 2.73 bits per heavy atom. The van der Waals surface area contributed by atoms with Gasteiger partial charge < -0.3 is 9.72 Å². The molecule has 0 unspecified atom stereocenters. The minimum atomic E-state index is -0.427. The summed E-state index contributed by atoms with van der Waals surface area (Å²) in [5, 5.41) is 0. The molecule has 0 saturated carbocycles. The van der Waals surface area contributed by atoms with Crippen LogP contribution >= 0.6 is 0 Å². The molecule has 1 heterocycles. The van der Waals surface area contributed by atoms with E-state index in [0.29, 0.717) is 23.4 Å². The quantitative estimate of drug-likeness (QED) is 0.768. The molecule has 0 aliphatic rings. The number of aryl methyl sites for hydroxylation is 1. The summed E-state index contributed by atoms with van der Waals surface area (Å²) in [5.74, 6) is -0.427. The molecule has 15 heavy (non-hydrogen) atoms. The van der Waals surface area contributed by atoms with Crippen molar-refractivity contribution in [2.75, 3.05) is 6.61 Å². The molecule has 4 nitrogen and oxygen atoms in total. The molecule has 0 atom stereocenters. The second-order valence-corrected chi connectivity index (χ2v) is 3.46. The van der Waals surface area contributed by atoms with Gasteiger partial charge in [-0.15, -0.1) is 0 Å². The Labute approximate surface area is 88.3 Å². The van der Waals surface area contributed by atoms with Gasteiger partial charge in [-0.05, 0) is 26.3 Å². The summed E-state index contributed by atoms with van der Waals surface area (Å²) in [4.78, 5) is 25.6. The Bertz CT molecular complexity index is 420. The highest BCUT2D eigenvalue weighted by atomic mass is 16.5. The van der Waals surface area contributed by atoms with Gasteiger partial charge in [0.2, 0.25) is 0 Å². The Morgan fingerprint density at radius 2 is 2.13 bits per heavy atom. The third kappa shape index (κ3) is 2.68. The van der Waals surface area contributed by atoms with E-state index in [9.17, 15) is 9.59 Å². The fraction of sp³-hybridized carbons (Fsp3) is 0.455. The number of nitrogens with one attached hydrogen (secondary N) is 1. The van der Waals surface area contributed by atoms with Crippen LogP contribution in [0.5, 0.6) is 0 Å². The zero-order valence-corrected chi connectivity index (χ0v) is 9.22. The molecular formula is C11H15NO3. The maximum absolute atomic E-state index is 11.6. The van der Waals surface area contributed by atoms with Gasteiger partial charge in [-0.25, -0.2) is 4.79 Å². The topological polar surface area (TPSA) is 59.2 Å². The van der Waals surface area contributed by atoms with E-state index in [1.807, 2.05) is 6.92 Å². The third-order valence-corrected chi connectivity index (χ3v) is 2.07. The molecule has 0 saturated heterocycles. The number of rotatable bonds is 3. The minimum Gasteiger partial charge on any atom is -0.462 e. The van der Waals surface area contributed by atoms with E-state index in [0.717, 1.165) is 6.42 Å². The van der Waals surface area contributed by atoms with Crippen molar-refractivity contribution in [3.63, 3.8) is 0 Å². The zero-order valence-electron chi connectivity index (χ0n) is 9.22. The van der Waals surface area contributed by atoms with Crippen LogP contribution in [0.25, 0.3) is 0 Å². The van der Waals surface area contributed by atoms with E-state index in [1.54, 1.807) is 19.9 Å². The predicted molar refractivity (Wildman–Crippen MR) is 57.1 cm³/mol. The number of carbonyl (C=O) groups excluding carboxylic acids is 1. The molecule has 0 radical (unpaired) electrons. The third-order valence-electron chi connectivity index (χ3n) is 2.07. The highest BCUT2D eigenvalue weighted by Gasteiger charge is 2.12. The van der Waals surface area contributed by atoms with Crippen LogP contribution in [0.4, 0.5) is 0 Å². The molecule has 1 aromatic rings. The fourth-order valence-corrected chi connectivity index (χ4v) is 1.24. The van der Waals surface area contributed by atoms with E-state index in [4.69, 9.17) is 4.74 Å². The summed E-state index contributed by atoms with van der Waals surface area (Å²) < 4.78 is 4.98. The van der Waals surface area contributed by atoms with Crippen molar-refractivity contribution in [1.29, 1.82) is 0 Å². The summed E-state index contributed by atoms with van der Waals surface area (Å²) in [6.07, 6.45) is 0.771. The number of pyridine rings is 1. The lowest BCUT2D eigenvalue weighted by atomic mass is 10.1. The predicted octanol–water partition coefficient (Wildman–Crippen LogP) is 1.56. The number of carbonyl (C=O) groups is 1. The zero-order chi connectivity index (χ0) is 11.4. The van der Waals surface area contributed by atoms with Crippen molar-refractivity contribution in [2.24, 2.45) is 0 Å². The number of aromatic amines is 1. The van der Waals surface area contributed by atoms with Crippen LogP contribution in [-0.4, -0.2) is 17.6 Å². The van der Waals surface area contributed by atoms with Crippen molar-refractivity contribution >= 4 is 5.97 Å². The number of H-pyrrole nitrogens is 1. The van der Waals surface area contributed by atoms with E-state index in [1.165, 1.54) is 0 Å². The van der Waals surface area contributed by atoms with Crippen LogP contribution in [0, 0.1) is 13.8 Å². The standard InChI is InChI=1S/C11H15NO3/c1-4-5-15-11(14)9-6-7(2)12-10(13)8(9)3/h6H,4-5H2,1-3H3,(H,12,13). The van der Waals surface area contributed by atoms with Crippen LogP contribution in [0.3, 0.4) is 0 Å². The van der Waals surface area contributed by atoms with Gasteiger partial charge in [0.25, 0.3) is 5.56 Å². The smallest absolute Gasteiger partial charge is 0.338 e. The fourth-order valence-electron chi connectivity index (χ4n) is 1.24. The normalized spacial score (nSPS) is 10.1. The number of hydrogen-bond donors (Lipinski definition) is 1. The first-order chi connectivity index (χ1) is 7.06. The maximum atomic E-state index is 11.6. The van der Waals surface area contributed by atoms with Crippen molar-refractivity contribution in [3.05, 3.63) is 33.2 Å². The summed E-state index contributed by atoms with van der Waals surface area (Å²) >= 11 is 0. The molecule has 0 spiro atoms. The van der Waals surface area contributed by atoms with Crippen LogP contribution < -0.4 is 5.56 Å². The van der Waals surface area contributed by atoms with E-state index < -0.39 is 5.97 Å². The second kappa shape index (κ2) is 4.77. The molecule has 0 amide bonds. The number of ether oxygens (including phenoxy) is 1.